The van der Waals surface area contributed by atoms with E-state index in [4.69, 9.17) is 14.6 Å². The van der Waals surface area contributed by atoms with Gasteiger partial charge in [0.25, 0.3) is 5.91 Å². The molecular formula is C22H18F4N6O3. The molecule has 0 spiro atoms. The normalized spacial score (nSPS) is 13.1. The minimum absolute atomic E-state index is 0.0381. The molecule has 4 rings (SSSR count). The second-order valence-corrected chi connectivity index (χ2v) is 7.16. The van der Waals surface area contributed by atoms with Crippen molar-refractivity contribution in [2.24, 2.45) is 0 Å². The van der Waals surface area contributed by atoms with Crippen molar-refractivity contribution >= 4 is 17.5 Å². The third kappa shape index (κ3) is 5.23. The maximum atomic E-state index is 14.5. The minimum Gasteiger partial charge on any atom is -0.480 e. The Morgan fingerprint density at radius 2 is 2.03 bits per heavy atom. The van der Waals surface area contributed by atoms with E-state index >= 15 is 0 Å². The first kappa shape index (κ1) is 20.0. The van der Waals surface area contributed by atoms with Crippen LogP contribution < -0.4 is 15.2 Å². The van der Waals surface area contributed by atoms with Gasteiger partial charge in [0.2, 0.25) is 11.8 Å². The van der Waals surface area contributed by atoms with E-state index in [-0.39, 0.29) is 17.4 Å². The van der Waals surface area contributed by atoms with Crippen LogP contribution in [0.2, 0.25) is 0 Å². The van der Waals surface area contributed by atoms with Gasteiger partial charge in [-0.15, -0.1) is 18.3 Å². The number of halogens is 4. The number of amides is 1. The summed E-state index contributed by atoms with van der Waals surface area (Å²) in [5, 5.41) is 3.97. The molecule has 4 aromatic rings. The fraction of sp³-hybridized carbons (Fsp3) is 0.182. The number of carbonyl (C=O) groups excluding carboxylic acids is 1. The van der Waals surface area contributed by atoms with Crippen LogP contribution >= 0.6 is 0 Å². The van der Waals surface area contributed by atoms with Gasteiger partial charge in [-0.3, -0.25) is 4.79 Å². The summed E-state index contributed by atoms with van der Waals surface area (Å²) < 4.78 is 86.2. The van der Waals surface area contributed by atoms with Gasteiger partial charge < -0.3 is 20.1 Å². The predicted octanol–water partition coefficient (Wildman–Crippen LogP) is 3.69. The Labute approximate surface area is 199 Å². The smallest absolute Gasteiger partial charge is 0.480 e. The van der Waals surface area contributed by atoms with E-state index in [0.29, 0.717) is 33.8 Å². The summed E-state index contributed by atoms with van der Waals surface area (Å²) in [6, 6.07) is 6.61. The van der Waals surface area contributed by atoms with Crippen LogP contribution in [0.5, 0.6) is 11.6 Å². The number of nitrogen functional groups attached to an aromatic ring is 1. The van der Waals surface area contributed by atoms with E-state index in [1.807, 2.05) is 0 Å². The van der Waals surface area contributed by atoms with Crippen molar-refractivity contribution < 1.29 is 35.9 Å². The van der Waals surface area contributed by atoms with Crippen LogP contribution in [0, 0.1) is 5.82 Å². The van der Waals surface area contributed by atoms with Crippen molar-refractivity contribution in [1.29, 1.82) is 0 Å². The summed E-state index contributed by atoms with van der Waals surface area (Å²) in [7, 11) is 1.21. The maximum absolute atomic E-state index is 14.5. The molecule has 0 radical (unpaired) electrons. The second-order valence-electron chi connectivity index (χ2n) is 7.16. The van der Waals surface area contributed by atoms with Crippen molar-refractivity contribution in [3.05, 3.63) is 65.7 Å². The van der Waals surface area contributed by atoms with Crippen LogP contribution in [0.3, 0.4) is 0 Å². The number of pyridine rings is 2. The zero-order valence-electron chi connectivity index (χ0n) is 20.9. The highest BCUT2D eigenvalue weighted by atomic mass is 19.4. The number of anilines is 1. The Kier molecular flexibility index (Phi) is 5.19. The molecule has 1 amide bonds. The molecule has 0 saturated heterocycles. The largest absolute Gasteiger partial charge is 0.573 e. The van der Waals surface area contributed by atoms with Crippen molar-refractivity contribution in [2.45, 2.75) is 12.9 Å². The molecule has 3 aromatic heterocycles. The number of benzene rings is 1. The number of hydrogen-bond donors (Lipinski definition) is 1. The van der Waals surface area contributed by atoms with Crippen LogP contribution in [-0.2, 0) is 6.54 Å². The highest BCUT2D eigenvalue weighted by Gasteiger charge is 2.31. The maximum Gasteiger partial charge on any atom is 0.573 e. The van der Waals surface area contributed by atoms with E-state index in [0.717, 1.165) is 6.07 Å². The zero-order valence-corrected chi connectivity index (χ0v) is 17.9. The molecule has 13 heteroatoms. The molecule has 0 unspecified atom stereocenters. The molecule has 0 aliphatic rings. The molecule has 1 aromatic carbocycles. The van der Waals surface area contributed by atoms with Crippen LogP contribution in [0.1, 0.15) is 20.0 Å². The Morgan fingerprint density at radius 1 is 1.23 bits per heavy atom. The predicted molar refractivity (Wildman–Crippen MR) is 116 cm³/mol. The average molecular weight is 493 g/mol. The van der Waals surface area contributed by atoms with E-state index in [2.05, 4.69) is 19.8 Å². The molecule has 0 aliphatic heterocycles. The highest BCUT2D eigenvalue weighted by molar-refractivity contribution is 5.97. The quantitative estimate of drug-likeness (QED) is 0.408. The van der Waals surface area contributed by atoms with Gasteiger partial charge in [0.05, 0.1) is 7.11 Å². The first-order chi connectivity index (χ1) is 17.7. The fourth-order valence-electron chi connectivity index (χ4n) is 3.26. The molecular weight excluding hydrogens is 472 g/mol. The summed E-state index contributed by atoms with van der Waals surface area (Å²) in [4.78, 5) is 21.9. The molecule has 0 fully saturated rings. The van der Waals surface area contributed by atoms with Gasteiger partial charge in [-0.25, -0.2) is 13.9 Å². The first-order valence-corrected chi connectivity index (χ1v) is 9.77. The fourth-order valence-corrected chi connectivity index (χ4v) is 3.26. The van der Waals surface area contributed by atoms with Gasteiger partial charge in [-0.05, 0) is 42.0 Å². The number of fused-ring (bicyclic) bond motifs is 1. The summed E-state index contributed by atoms with van der Waals surface area (Å²) in [5.74, 6) is -3.14. The third-order valence-corrected chi connectivity index (χ3v) is 4.79. The summed E-state index contributed by atoms with van der Waals surface area (Å²) in [6.45, 7) is -4.03. The molecule has 9 nitrogen and oxygen atoms in total. The highest BCUT2D eigenvalue weighted by Crippen LogP contribution is 2.28. The SMILES string of the molecule is [2H]C([2H])([2H])N(Cc1cc(OC(F)(F)F)ccc1F)C(=O)c1cc(-c2ccn3nc(N)nc3c2)cnc1OC. The summed E-state index contributed by atoms with van der Waals surface area (Å²) >= 11 is 0. The lowest BCUT2D eigenvalue weighted by atomic mass is 10.1. The summed E-state index contributed by atoms with van der Waals surface area (Å²) in [5.41, 5.74) is 6.09. The number of nitrogens with two attached hydrogens (primary N) is 1. The van der Waals surface area contributed by atoms with E-state index < -0.39 is 42.9 Å². The molecule has 0 bridgehead atoms. The topological polar surface area (TPSA) is 108 Å². The number of aromatic nitrogens is 4. The number of methoxy groups -OCH3 is 1. The van der Waals surface area contributed by atoms with E-state index in [1.165, 1.54) is 23.9 Å². The Balaban J connectivity index is 1.73. The standard InChI is InChI=1S/C22H18F4N6O3/c1-31(11-14-7-15(3-4-17(14)23)35-22(24,25)26)20(33)16-8-13(10-28-19(16)34-2)12-5-6-32-18(9-12)29-21(27)30-32/h3-10H,11H2,1-2H3,(H2,27,30)/i1D3. The van der Waals surface area contributed by atoms with Crippen LogP contribution in [-0.4, -0.2) is 50.8 Å². The lowest BCUT2D eigenvalue weighted by Crippen LogP contribution is -2.27. The lowest BCUT2D eigenvalue weighted by molar-refractivity contribution is -0.274. The van der Waals surface area contributed by atoms with Crippen LogP contribution in [0.4, 0.5) is 23.5 Å². The van der Waals surface area contributed by atoms with Crippen molar-refractivity contribution in [3.8, 4) is 22.8 Å². The van der Waals surface area contributed by atoms with Gasteiger partial charge in [-0.1, -0.05) is 0 Å². The number of alkyl halides is 3. The monoisotopic (exact) mass is 493 g/mol. The van der Waals surface area contributed by atoms with Gasteiger partial charge in [0, 0.05) is 41.2 Å². The molecule has 0 saturated carbocycles. The van der Waals surface area contributed by atoms with Crippen molar-refractivity contribution in [2.75, 3.05) is 19.8 Å². The number of ether oxygens (including phenoxy) is 2. The second kappa shape index (κ2) is 9.08. The molecule has 3 heterocycles. The Morgan fingerprint density at radius 3 is 2.74 bits per heavy atom. The molecule has 182 valence electrons. The van der Waals surface area contributed by atoms with E-state index in [1.54, 1.807) is 18.3 Å². The number of rotatable bonds is 6. The zero-order chi connectivity index (χ0) is 27.8. The number of hydrogen-bond acceptors (Lipinski definition) is 7. The van der Waals surface area contributed by atoms with Crippen molar-refractivity contribution in [1.82, 2.24) is 24.5 Å². The van der Waals surface area contributed by atoms with Gasteiger partial charge in [0.15, 0.2) is 5.65 Å². The number of nitrogens with zero attached hydrogens (tertiary/aromatic N) is 5. The minimum atomic E-state index is -5.06. The first-order valence-electron chi connectivity index (χ1n) is 11.3. The van der Waals surface area contributed by atoms with Gasteiger partial charge in [0.1, 0.15) is 17.1 Å². The van der Waals surface area contributed by atoms with Crippen molar-refractivity contribution in [3.63, 3.8) is 0 Å². The van der Waals surface area contributed by atoms with Gasteiger partial charge >= 0.3 is 6.36 Å². The Hall–Kier alpha value is -4.42. The average Bonchev–Trinajstić information content (AvgIpc) is 3.21. The molecule has 0 atom stereocenters. The lowest BCUT2D eigenvalue weighted by Gasteiger charge is -2.20. The molecule has 35 heavy (non-hydrogen) atoms. The molecule has 0 aliphatic carbocycles. The number of carbonyl (C=O) groups is 1. The Bertz CT molecular complexity index is 1510. The van der Waals surface area contributed by atoms with Crippen LogP contribution in [0.15, 0.2) is 48.8 Å². The van der Waals surface area contributed by atoms with E-state index in [9.17, 15) is 22.4 Å². The molecule has 2 N–H and O–H groups in total. The summed E-state index contributed by atoms with van der Waals surface area (Å²) in [6.07, 6.45) is -2.12. The third-order valence-electron chi connectivity index (χ3n) is 4.79. The van der Waals surface area contributed by atoms with Gasteiger partial charge in [-0.2, -0.15) is 4.98 Å². The van der Waals surface area contributed by atoms with Crippen LogP contribution in [0.25, 0.3) is 16.8 Å².